The number of carbonyl (C=O) groups is 1. The molecule has 0 aromatic carbocycles. The number of piperidine rings is 3. The zero-order valence-electron chi connectivity index (χ0n) is 10.4. The molecule has 4 heteroatoms. The third-order valence-electron chi connectivity index (χ3n) is 4.83. The van der Waals surface area contributed by atoms with Crippen LogP contribution in [0, 0.1) is 11.8 Å². The Hall–Kier alpha value is -0.610. The maximum Gasteiger partial charge on any atom is 0.223 e. The van der Waals surface area contributed by atoms with E-state index in [1.807, 2.05) is 0 Å². The SMILES string of the molecule is NC1CCC(C(=O)NC2CN3CCC2CC3)C1. The molecule has 0 spiro atoms. The summed E-state index contributed by atoms with van der Waals surface area (Å²) in [6, 6.07) is 0.652. The van der Waals surface area contributed by atoms with E-state index >= 15 is 0 Å². The van der Waals surface area contributed by atoms with E-state index in [9.17, 15) is 4.79 Å². The van der Waals surface area contributed by atoms with E-state index in [2.05, 4.69) is 10.2 Å². The lowest BCUT2D eigenvalue weighted by atomic mass is 9.84. The fourth-order valence-corrected chi connectivity index (χ4v) is 3.68. The Balaban J connectivity index is 1.54. The first-order valence-corrected chi connectivity index (χ1v) is 7.00. The molecule has 3 aliphatic heterocycles. The van der Waals surface area contributed by atoms with E-state index in [1.165, 1.54) is 25.9 Å². The predicted octanol–water partition coefficient (Wildman–Crippen LogP) is 0.324. The minimum atomic E-state index is 0.181. The Kier molecular flexibility index (Phi) is 3.09. The average Bonchev–Trinajstić information content (AvgIpc) is 2.77. The number of nitrogens with zero attached hydrogens (tertiary/aromatic N) is 1. The van der Waals surface area contributed by atoms with Gasteiger partial charge in [0.05, 0.1) is 0 Å². The van der Waals surface area contributed by atoms with Gasteiger partial charge in [0.1, 0.15) is 0 Å². The largest absolute Gasteiger partial charge is 0.352 e. The monoisotopic (exact) mass is 237 g/mol. The Morgan fingerprint density at radius 3 is 2.47 bits per heavy atom. The second kappa shape index (κ2) is 4.58. The topological polar surface area (TPSA) is 58.4 Å². The average molecular weight is 237 g/mol. The van der Waals surface area contributed by atoms with Crippen molar-refractivity contribution in [3.8, 4) is 0 Å². The number of nitrogens with one attached hydrogen (secondary N) is 1. The Morgan fingerprint density at radius 1 is 1.18 bits per heavy atom. The molecule has 0 aromatic rings. The number of hydrogen-bond acceptors (Lipinski definition) is 3. The molecule has 4 aliphatic rings. The molecule has 4 rings (SSSR count). The molecule has 3 unspecified atom stereocenters. The van der Waals surface area contributed by atoms with Gasteiger partial charge in [0.25, 0.3) is 0 Å². The zero-order valence-corrected chi connectivity index (χ0v) is 10.4. The molecule has 2 bridgehead atoms. The number of nitrogens with two attached hydrogens (primary N) is 1. The van der Waals surface area contributed by atoms with E-state index in [0.717, 1.165) is 31.7 Å². The quantitative estimate of drug-likeness (QED) is 0.727. The molecular formula is C13H23N3O. The van der Waals surface area contributed by atoms with E-state index < -0.39 is 0 Å². The van der Waals surface area contributed by atoms with Crippen molar-refractivity contribution in [2.24, 2.45) is 17.6 Å². The molecule has 0 radical (unpaired) electrons. The maximum absolute atomic E-state index is 12.2. The predicted molar refractivity (Wildman–Crippen MR) is 66.4 cm³/mol. The first-order chi connectivity index (χ1) is 8.22. The minimum absolute atomic E-state index is 0.181. The standard InChI is InChI=1S/C13H23N3O/c14-11-2-1-10(7-11)13(17)15-12-8-16-5-3-9(12)4-6-16/h9-12H,1-8,14H2,(H,15,17). The summed E-state index contributed by atoms with van der Waals surface area (Å²) >= 11 is 0. The van der Waals surface area contributed by atoms with Gasteiger partial charge in [-0.3, -0.25) is 4.79 Å². The summed E-state index contributed by atoms with van der Waals surface area (Å²) in [5.74, 6) is 1.16. The van der Waals surface area contributed by atoms with Crippen LogP contribution in [0.15, 0.2) is 0 Å². The third-order valence-corrected chi connectivity index (χ3v) is 4.83. The maximum atomic E-state index is 12.2. The van der Waals surface area contributed by atoms with Crippen LogP contribution in [0.4, 0.5) is 0 Å². The van der Waals surface area contributed by atoms with Crippen molar-refractivity contribution in [3.63, 3.8) is 0 Å². The van der Waals surface area contributed by atoms with E-state index in [0.29, 0.717) is 6.04 Å². The van der Waals surface area contributed by atoms with Crippen molar-refractivity contribution < 1.29 is 4.79 Å². The van der Waals surface area contributed by atoms with Gasteiger partial charge in [-0.25, -0.2) is 0 Å². The molecule has 1 saturated carbocycles. The van der Waals surface area contributed by atoms with Gasteiger partial charge in [-0.1, -0.05) is 0 Å². The number of carbonyl (C=O) groups excluding carboxylic acids is 1. The summed E-state index contributed by atoms with van der Waals surface area (Å²) < 4.78 is 0. The van der Waals surface area contributed by atoms with Crippen molar-refractivity contribution >= 4 is 5.91 Å². The molecule has 3 N–H and O–H groups in total. The van der Waals surface area contributed by atoms with E-state index in [4.69, 9.17) is 5.73 Å². The third kappa shape index (κ3) is 2.33. The first kappa shape index (κ1) is 11.5. The van der Waals surface area contributed by atoms with Crippen molar-refractivity contribution in [1.29, 1.82) is 0 Å². The first-order valence-electron chi connectivity index (χ1n) is 7.00. The molecule has 1 amide bonds. The van der Waals surface area contributed by atoms with Gasteiger partial charge in [0, 0.05) is 24.5 Å². The van der Waals surface area contributed by atoms with Crippen molar-refractivity contribution in [3.05, 3.63) is 0 Å². The van der Waals surface area contributed by atoms with Gasteiger partial charge in [0.2, 0.25) is 5.91 Å². The van der Waals surface area contributed by atoms with Crippen LogP contribution in [0.3, 0.4) is 0 Å². The summed E-state index contributed by atoms with van der Waals surface area (Å²) in [6.45, 7) is 3.52. The normalized spacial score (nSPS) is 44.9. The minimum Gasteiger partial charge on any atom is -0.352 e. The highest BCUT2D eigenvalue weighted by atomic mass is 16.2. The van der Waals surface area contributed by atoms with Crippen LogP contribution in [0.25, 0.3) is 0 Å². The summed E-state index contributed by atoms with van der Waals surface area (Å²) in [7, 11) is 0. The van der Waals surface area contributed by atoms with Gasteiger partial charge in [0.15, 0.2) is 0 Å². The number of hydrogen-bond donors (Lipinski definition) is 2. The second-order valence-corrected chi connectivity index (χ2v) is 6.02. The van der Waals surface area contributed by atoms with E-state index in [-0.39, 0.29) is 17.9 Å². The molecule has 3 heterocycles. The van der Waals surface area contributed by atoms with Crippen LogP contribution in [0.2, 0.25) is 0 Å². The summed E-state index contributed by atoms with van der Waals surface area (Å²) in [4.78, 5) is 14.6. The summed E-state index contributed by atoms with van der Waals surface area (Å²) in [5, 5.41) is 3.28. The molecular weight excluding hydrogens is 214 g/mol. The number of amides is 1. The van der Waals surface area contributed by atoms with Gasteiger partial charge in [-0.05, 0) is 51.1 Å². The molecule has 1 aliphatic carbocycles. The Labute approximate surface area is 103 Å². The fraction of sp³-hybridized carbons (Fsp3) is 0.923. The Bertz CT molecular complexity index is 299. The van der Waals surface area contributed by atoms with Crippen LogP contribution in [-0.2, 0) is 4.79 Å². The lowest BCUT2D eigenvalue weighted by Crippen LogP contribution is -2.57. The molecule has 96 valence electrons. The molecule has 4 fully saturated rings. The molecule has 3 atom stereocenters. The van der Waals surface area contributed by atoms with Gasteiger partial charge in [-0.15, -0.1) is 0 Å². The second-order valence-electron chi connectivity index (χ2n) is 6.02. The van der Waals surface area contributed by atoms with E-state index in [1.54, 1.807) is 0 Å². The number of fused-ring (bicyclic) bond motifs is 3. The van der Waals surface area contributed by atoms with Crippen molar-refractivity contribution in [2.75, 3.05) is 19.6 Å². The summed E-state index contributed by atoms with van der Waals surface area (Å²) in [5.41, 5.74) is 5.87. The molecule has 4 nitrogen and oxygen atoms in total. The zero-order chi connectivity index (χ0) is 11.8. The smallest absolute Gasteiger partial charge is 0.223 e. The van der Waals surface area contributed by atoms with Crippen molar-refractivity contribution in [2.45, 2.75) is 44.2 Å². The summed E-state index contributed by atoms with van der Waals surface area (Å²) in [6.07, 6.45) is 5.39. The van der Waals surface area contributed by atoms with Crippen LogP contribution in [0.5, 0.6) is 0 Å². The van der Waals surface area contributed by atoms with Crippen molar-refractivity contribution in [1.82, 2.24) is 10.2 Å². The Morgan fingerprint density at radius 2 is 1.94 bits per heavy atom. The van der Waals surface area contributed by atoms with Crippen LogP contribution >= 0.6 is 0 Å². The van der Waals surface area contributed by atoms with Crippen LogP contribution < -0.4 is 11.1 Å². The van der Waals surface area contributed by atoms with Gasteiger partial charge in [-0.2, -0.15) is 0 Å². The number of rotatable bonds is 2. The fourth-order valence-electron chi connectivity index (χ4n) is 3.68. The lowest BCUT2D eigenvalue weighted by Gasteiger charge is -2.45. The molecule has 3 saturated heterocycles. The van der Waals surface area contributed by atoms with Crippen LogP contribution in [-0.4, -0.2) is 42.5 Å². The van der Waals surface area contributed by atoms with Gasteiger partial charge >= 0.3 is 0 Å². The lowest BCUT2D eigenvalue weighted by molar-refractivity contribution is -0.127. The van der Waals surface area contributed by atoms with Crippen LogP contribution in [0.1, 0.15) is 32.1 Å². The highest BCUT2D eigenvalue weighted by Gasteiger charge is 2.36. The van der Waals surface area contributed by atoms with Gasteiger partial charge < -0.3 is 16.0 Å². The highest BCUT2D eigenvalue weighted by Crippen LogP contribution is 2.29. The molecule has 17 heavy (non-hydrogen) atoms. The molecule has 0 aromatic heterocycles. The highest BCUT2D eigenvalue weighted by molar-refractivity contribution is 5.79.